The van der Waals surface area contributed by atoms with Gasteiger partial charge >= 0.3 is 5.97 Å². The second-order valence-corrected chi connectivity index (χ2v) is 5.45. The largest absolute Gasteiger partial charge is 0.483 e. The van der Waals surface area contributed by atoms with Gasteiger partial charge in [-0.1, -0.05) is 35.2 Å². The summed E-state index contributed by atoms with van der Waals surface area (Å²) in [6, 6.07) is 0. The summed E-state index contributed by atoms with van der Waals surface area (Å²) in [4.78, 5) is 20.2. The molecule has 0 radical (unpaired) electrons. The van der Waals surface area contributed by atoms with E-state index in [1.807, 2.05) is 0 Å². The number of halogens is 1. The SMILES string of the molecule is O=C1OC(CCBr)CC12CCCCC2.O=CO. The Morgan fingerprint density at radius 2 is 2.00 bits per heavy atom. The molecule has 0 aromatic carbocycles. The van der Waals surface area contributed by atoms with Crippen LogP contribution in [0.3, 0.4) is 0 Å². The quantitative estimate of drug-likeness (QED) is 0.484. The lowest BCUT2D eigenvalue weighted by Gasteiger charge is -2.28. The first-order chi connectivity index (χ1) is 8.18. The van der Waals surface area contributed by atoms with Crippen LogP contribution < -0.4 is 0 Å². The van der Waals surface area contributed by atoms with E-state index in [-0.39, 0.29) is 24.0 Å². The van der Waals surface area contributed by atoms with Crippen LogP contribution in [0.1, 0.15) is 44.9 Å². The summed E-state index contributed by atoms with van der Waals surface area (Å²) in [7, 11) is 0. The Balaban J connectivity index is 0.000000437. The van der Waals surface area contributed by atoms with Crippen LogP contribution in [-0.2, 0) is 14.3 Å². The number of alkyl halides is 1. The monoisotopic (exact) mass is 306 g/mol. The molecule has 1 N–H and O–H groups in total. The van der Waals surface area contributed by atoms with E-state index < -0.39 is 0 Å². The number of cyclic esters (lactones) is 1. The van der Waals surface area contributed by atoms with Crippen molar-refractivity contribution in [1.29, 1.82) is 0 Å². The fraction of sp³-hybridized carbons (Fsp3) is 0.833. The molecule has 1 saturated heterocycles. The average molecular weight is 307 g/mol. The van der Waals surface area contributed by atoms with E-state index in [1.165, 1.54) is 19.3 Å². The number of hydrogen-bond acceptors (Lipinski definition) is 3. The third-order valence-corrected chi connectivity index (χ3v) is 4.02. The van der Waals surface area contributed by atoms with Gasteiger partial charge in [-0.25, -0.2) is 0 Å². The van der Waals surface area contributed by atoms with Crippen LogP contribution in [-0.4, -0.2) is 29.0 Å². The van der Waals surface area contributed by atoms with Gasteiger partial charge in [-0.15, -0.1) is 0 Å². The van der Waals surface area contributed by atoms with Crippen molar-refractivity contribution in [3.63, 3.8) is 0 Å². The lowest BCUT2D eigenvalue weighted by atomic mass is 9.72. The van der Waals surface area contributed by atoms with Crippen LogP contribution in [0.5, 0.6) is 0 Å². The number of ether oxygens (including phenoxy) is 1. The second-order valence-electron chi connectivity index (χ2n) is 4.66. The van der Waals surface area contributed by atoms with Crippen LogP contribution >= 0.6 is 15.9 Å². The molecule has 2 aliphatic rings. The Bertz CT molecular complexity index is 261. The molecule has 0 aromatic rings. The molecule has 17 heavy (non-hydrogen) atoms. The summed E-state index contributed by atoms with van der Waals surface area (Å²) in [6.45, 7) is -0.250. The van der Waals surface area contributed by atoms with E-state index in [0.29, 0.717) is 0 Å². The summed E-state index contributed by atoms with van der Waals surface area (Å²) in [5, 5.41) is 7.82. The van der Waals surface area contributed by atoms with E-state index in [9.17, 15) is 4.79 Å². The minimum absolute atomic E-state index is 0.0783. The van der Waals surface area contributed by atoms with E-state index in [0.717, 1.165) is 31.0 Å². The molecular weight excluding hydrogens is 288 g/mol. The number of carboxylic acid groups (broad SMARTS) is 1. The Kier molecular flexibility index (Phi) is 5.95. The van der Waals surface area contributed by atoms with Crippen LogP contribution in [0.15, 0.2) is 0 Å². The van der Waals surface area contributed by atoms with E-state index >= 15 is 0 Å². The fourth-order valence-electron chi connectivity index (χ4n) is 2.76. The zero-order valence-electron chi connectivity index (χ0n) is 9.86. The molecule has 1 unspecified atom stereocenters. The number of esters is 1. The third-order valence-electron chi connectivity index (χ3n) is 3.57. The minimum Gasteiger partial charge on any atom is -0.483 e. The summed E-state index contributed by atoms with van der Waals surface area (Å²) >= 11 is 3.40. The van der Waals surface area contributed by atoms with Crippen molar-refractivity contribution in [2.45, 2.75) is 51.0 Å². The van der Waals surface area contributed by atoms with Crippen LogP contribution in [0.4, 0.5) is 0 Å². The highest BCUT2D eigenvalue weighted by atomic mass is 79.9. The number of carbonyl (C=O) groups is 2. The number of rotatable bonds is 2. The molecule has 1 atom stereocenters. The first-order valence-electron chi connectivity index (χ1n) is 6.03. The van der Waals surface area contributed by atoms with Crippen molar-refractivity contribution in [2.24, 2.45) is 5.41 Å². The summed E-state index contributed by atoms with van der Waals surface area (Å²) in [5.74, 6) is 0.0863. The van der Waals surface area contributed by atoms with Gasteiger partial charge in [0.05, 0.1) is 5.41 Å². The van der Waals surface area contributed by atoms with Crippen molar-refractivity contribution in [3.8, 4) is 0 Å². The van der Waals surface area contributed by atoms with Crippen LogP contribution in [0.25, 0.3) is 0 Å². The Morgan fingerprint density at radius 3 is 2.53 bits per heavy atom. The number of hydrogen-bond donors (Lipinski definition) is 1. The third kappa shape index (κ3) is 3.69. The molecule has 1 aliphatic carbocycles. The molecule has 0 aromatic heterocycles. The van der Waals surface area contributed by atoms with Gasteiger partial charge in [-0.3, -0.25) is 9.59 Å². The van der Waals surface area contributed by atoms with E-state index in [1.54, 1.807) is 0 Å². The molecule has 5 heteroatoms. The van der Waals surface area contributed by atoms with Gasteiger partial charge in [0.2, 0.25) is 0 Å². The summed E-state index contributed by atoms with van der Waals surface area (Å²) in [6.07, 6.45) is 7.94. The van der Waals surface area contributed by atoms with E-state index in [4.69, 9.17) is 14.6 Å². The predicted molar refractivity (Wildman–Crippen MR) is 67.1 cm³/mol. The van der Waals surface area contributed by atoms with Gasteiger partial charge in [0.1, 0.15) is 6.10 Å². The van der Waals surface area contributed by atoms with Crippen molar-refractivity contribution in [2.75, 3.05) is 5.33 Å². The molecule has 98 valence electrons. The lowest BCUT2D eigenvalue weighted by Crippen LogP contribution is -2.28. The molecule has 1 saturated carbocycles. The number of carbonyl (C=O) groups excluding carboxylic acids is 1. The Morgan fingerprint density at radius 1 is 1.41 bits per heavy atom. The maximum Gasteiger partial charge on any atom is 0.312 e. The molecule has 4 nitrogen and oxygen atoms in total. The first kappa shape index (κ1) is 14.5. The zero-order chi connectivity index (χ0) is 12.7. The topological polar surface area (TPSA) is 63.6 Å². The van der Waals surface area contributed by atoms with Gasteiger partial charge in [-0.2, -0.15) is 0 Å². The Hall–Kier alpha value is -0.580. The second kappa shape index (κ2) is 6.99. The molecule has 1 heterocycles. The van der Waals surface area contributed by atoms with Gasteiger partial charge in [0.15, 0.2) is 0 Å². The summed E-state index contributed by atoms with van der Waals surface area (Å²) in [5.41, 5.74) is -0.0783. The van der Waals surface area contributed by atoms with Gasteiger partial charge in [0, 0.05) is 11.8 Å². The van der Waals surface area contributed by atoms with Crippen molar-refractivity contribution < 1.29 is 19.4 Å². The maximum atomic E-state index is 11.8. The van der Waals surface area contributed by atoms with Crippen molar-refractivity contribution >= 4 is 28.4 Å². The minimum atomic E-state index is -0.250. The predicted octanol–water partition coefficient (Wildman–Crippen LogP) is 2.74. The summed E-state index contributed by atoms with van der Waals surface area (Å²) < 4.78 is 5.43. The van der Waals surface area contributed by atoms with Crippen LogP contribution in [0.2, 0.25) is 0 Å². The molecule has 1 aliphatic heterocycles. The van der Waals surface area contributed by atoms with Crippen LogP contribution in [0, 0.1) is 5.41 Å². The smallest absolute Gasteiger partial charge is 0.312 e. The lowest BCUT2D eigenvalue weighted by molar-refractivity contribution is -0.150. The average Bonchev–Trinajstić information content (AvgIpc) is 2.58. The van der Waals surface area contributed by atoms with E-state index in [2.05, 4.69) is 15.9 Å². The van der Waals surface area contributed by atoms with Gasteiger partial charge in [0.25, 0.3) is 6.47 Å². The Labute approximate surface area is 110 Å². The molecule has 2 rings (SSSR count). The van der Waals surface area contributed by atoms with Crippen molar-refractivity contribution in [1.82, 2.24) is 0 Å². The first-order valence-corrected chi connectivity index (χ1v) is 7.15. The zero-order valence-corrected chi connectivity index (χ0v) is 11.4. The molecule has 0 bridgehead atoms. The molecular formula is C12H19BrO4. The standard InChI is InChI=1S/C11H17BrO2.CH2O2/c12-7-4-9-8-11(10(13)14-9)5-2-1-3-6-11;2-1-3/h9H,1-8H2;1H,(H,2,3). The highest BCUT2D eigenvalue weighted by Crippen LogP contribution is 2.46. The highest BCUT2D eigenvalue weighted by Gasteiger charge is 2.48. The normalized spacial score (nSPS) is 25.9. The molecule has 1 spiro atoms. The molecule has 0 amide bonds. The van der Waals surface area contributed by atoms with Gasteiger partial charge < -0.3 is 9.84 Å². The van der Waals surface area contributed by atoms with Gasteiger partial charge in [-0.05, 0) is 19.3 Å². The fourth-order valence-corrected chi connectivity index (χ4v) is 3.27. The highest BCUT2D eigenvalue weighted by molar-refractivity contribution is 9.09. The maximum absolute atomic E-state index is 11.8. The van der Waals surface area contributed by atoms with Crippen molar-refractivity contribution in [3.05, 3.63) is 0 Å². The molecule has 2 fully saturated rings.